The summed E-state index contributed by atoms with van der Waals surface area (Å²) < 4.78 is 23.3. The van der Waals surface area contributed by atoms with Crippen molar-refractivity contribution in [1.29, 1.82) is 0 Å². The molecule has 1 aliphatic heterocycles. The van der Waals surface area contributed by atoms with E-state index >= 15 is 0 Å². The molecule has 0 unspecified atom stereocenters. The third-order valence-electron chi connectivity index (χ3n) is 4.47. The Morgan fingerprint density at radius 3 is 2.52 bits per heavy atom. The van der Waals surface area contributed by atoms with Gasteiger partial charge in [-0.05, 0) is 60.4 Å². The molecule has 0 saturated carbocycles. The summed E-state index contributed by atoms with van der Waals surface area (Å²) in [6.07, 6.45) is 3.97. The van der Waals surface area contributed by atoms with Gasteiger partial charge in [-0.1, -0.05) is 12.0 Å². The van der Waals surface area contributed by atoms with Crippen LogP contribution in [0.5, 0.6) is 0 Å². The number of aromatic nitrogens is 2. The average Bonchev–Trinajstić information content (AvgIpc) is 2.72. The Morgan fingerprint density at radius 1 is 0.966 bits per heavy atom. The molecular weight excluding hydrogens is 388 g/mol. The van der Waals surface area contributed by atoms with Gasteiger partial charge >= 0.3 is 0 Å². The van der Waals surface area contributed by atoms with Gasteiger partial charge in [0, 0.05) is 24.4 Å². The summed E-state index contributed by atoms with van der Waals surface area (Å²) in [6, 6.07) is 13.5. The van der Waals surface area contributed by atoms with Crippen molar-refractivity contribution in [1.82, 2.24) is 9.97 Å². The van der Waals surface area contributed by atoms with E-state index in [0.717, 1.165) is 5.56 Å². The lowest BCUT2D eigenvalue weighted by atomic mass is 10.00. The second kappa shape index (κ2) is 7.47. The van der Waals surface area contributed by atoms with Gasteiger partial charge in [-0.3, -0.25) is 9.69 Å². The number of sulfonamides is 1. The minimum atomic E-state index is -3.81. The maximum atomic E-state index is 12.7. The molecule has 1 aliphatic rings. The van der Waals surface area contributed by atoms with Crippen molar-refractivity contribution in [3.8, 4) is 11.8 Å². The number of nitrogens with zero attached hydrogens (tertiary/aromatic N) is 3. The van der Waals surface area contributed by atoms with Crippen molar-refractivity contribution >= 4 is 27.3 Å². The van der Waals surface area contributed by atoms with E-state index in [1.165, 1.54) is 12.1 Å². The van der Waals surface area contributed by atoms with Crippen LogP contribution >= 0.6 is 0 Å². The lowest BCUT2D eigenvalue weighted by molar-refractivity contribution is -0.118. The van der Waals surface area contributed by atoms with Crippen molar-refractivity contribution in [3.05, 3.63) is 77.9 Å². The van der Waals surface area contributed by atoms with E-state index in [9.17, 15) is 13.2 Å². The number of aryl methyl sites for hydroxylation is 1. The van der Waals surface area contributed by atoms with E-state index in [1.54, 1.807) is 35.5 Å². The molecule has 0 bridgehead atoms. The summed E-state index contributed by atoms with van der Waals surface area (Å²) in [6.45, 7) is 0. The molecule has 2 aromatic carbocycles. The molecule has 1 amide bonds. The molecule has 0 fully saturated rings. The summed E-state index contributed by atoms with van der Waals surface area (Å²) >= 11 is 0. The number of carbonyl (C=O) groups is 1. The van der Waals surface area contributed by atoms with Gasteiger partial charge in [0.25, 0.3) is 0 Å². The third kappa shape index (κ3) is 4.01. The standard InChI is InChI=1S/C21H16N4O3S/c22-29(27,28)18-7-8-19-16(14-18)6-10-21(26)25(19)17-4-1-3-15(13-17)5-9-20-23-11-2-12-24-20/h1-4,7-8,11-14H,6,10H2,(H2,22,27,28). The van der Waals surface area contributed by atoms with Crippen LogP contribution in [-0.2, 0) is 21.2 Å². The zero-order chi connectivity index (χ0) is 20.4. The van der Waals surface area contributed by atoms with Gasteiger partial charge in [0.05, 0.1) is 16.3 Å². The first-order valence-electron chi connectivity index (χ1n) is 8.79. The van der Waals surface area contributed by atoms with Crippen LogP contribution in [-0.4, -0.2) is 24.3 Å². The first-order chi connectivity index (χ1) is 13.9. The van der Waals surface area contributed by atoms with Gasteiger partial charge in [-0.2, -0.15) is 0 Å². The monoisotopic (exact) mass is 404 g/mol. The lowest BCUT2D eigenvalue weighted by Gasteiger charge is -2.30. The summed E-state index contributed by atoms with van der Waals surface area (Å²) in [7, 11) is -3.81. The van der Waals surface area contributed by atoms with Crippen LogP contribution in [0.25, 0.3) is 0 Å². The Morgan fingerprint density at radius 2 is 1.76 bits per heavy atom. The number of benzene rings is 2. The van der Waals surface area contributed by atoms with Gasteiger partial charge < -0.3 is 0 Å². The number of hydrogen-bond donors (Lipinski definition) is 1. The normalized spacial score (nSPS) is 13.4. The maximum absolute atomic E-state index is 12.7. The van der Waals surface area contributed by atoms with Crippen LogP contribution in [0.15, 0.2) is 65.8 Å². The first kappa shape index (κ1) is 18.8. The number of carbonyl (C=O) groups excluding carboxylic acids is 1. The molecule has 0 spiro atoms. The molecule has 0 aliphatic carbocycles. The van der Waals surface area contributed by atoms with Crippen LogP contribution < -0.4 is 10.0 Å². The number of primary sulfonamides is 1. The summed E-state index contributed by atoms with van der Waals surface area (Å²) in [4.78, 5) is 22.4. The number of amides is 1. The van der Waals surface area contributed by atoms with Gasteiger partial charge in [0.15, 0.2) is 0 Å². The molecule has 7 nitrogen and oxygen atoms in total. The van der Waals surface area contributed by atoms with Crippen molar-refractivity contribution in [2.75, 3.05) is 4.90 Å². The number of anilines is 2. The summed E-state index contributed by atoms with van der Waals surface area (Å²) in [5.41, 5.74) is 2.76. The topological polar surface area (TPSA) is 106 Å². The van der Waals surface area contributed by atoms with E-state index in [0.29, 0.717) is 29.2 Å². The zero-order valence-electron chi connectivity index (χ0n) is 15.2. The predicted molar refractivity (Wildman–Crippen MR) is 108 cm³/mol. The third-order valence-corrected chi connectivity index (χ3v) is 5.38. The molecule has 3 aromatic rings. The highest BCUT2D eigenvalue weighted by Gasteiger charge is 2.26. The van der Waals surface area contributed by atoms with Crippen molar-refractivity contribution in [3.63, 3.8) is 0 Å². The minimum Gasteiger partial charge on any atom is -0.281 e. The highest BCUT2D eigenvalue weighted by Crippen LogP contribution is 2.35. The highest BCUT2D eigenvalue weighted by atomic mass is 32.2. The van der Waals surface area contributed by atoms with Crippen LogP contribution in [0.4, 0.5) is 11.4 Å². The second-order valence-corrected chi connectivity index (χ2v) is 8.00. The zero-order valence-corrected chi connectivity index (χ0v) is 16.1. The fourth-order valence-corrected chi connectivity index (χ4v) is 3.71. The van der Waals surface area contributed by atoms with E-state index in [4.69, 9.17) is 5.14 Å². The predicted octanol–water partition coefficient (Wildman–Crippen LogP) is 2.13. The Hall–Kier alpha value is -3.54. The van der Waals surface area contributed by atoms with Gasteiger partial charge in [0.2, 0.25) is 21.8 Å². The molecule has 144 valence electrons. The Labute approximate surface area is 168 Å². The molecule has 8 heteroatoms. The number of rotatable bonds is 2. The quantitative estimate of drug-likeness (QED) is 0.659. The number of nitrogens with two attached hydrogens (primary N) is 1. The first-order valence-corrected chi connectivity index (χ1v) is 10.3. The lowest BCUT2D eigenvalue weighted by Crippen LogP contribution is -2.31. The average molecular weight is 404 g/mol. The molecule has 0 radical (unpaired) electrons. The fraction of sp³-hybridized carbons (Fsp3) is 0.0952. The fourth-order valence-electron chi connectivity index (χ4n) is 3.14. The maximum Gasteiger partial charge on any atom is 0.238 e. The van der Waals surface area contributed by atoms with E-state index in [-0.39, 0.29) is 17.2 Å². The molecule has 2 N–H and O–H groups in total. The smallest absolute Gasteiger partial charge is 0.238 e. The van der Waals surface area contributed by atoms with E-state index in [1.807, 2.05) is 18.2 Å². The largest absolute Gasteiger partial charge is 0.281 e. The SMILES string of the molecule is NS(=O)(=O)c1ccc2c(c1)CCC(=O)N2c1cccc(C#Cc2ncccn2)c1. The minimum absolute atomic E-state index is 0.0352. The number of hydrogen-bond acceptors (Lipinski definition) is 5. The highest BCUT2D eigenvalue weighted by molar-refractivity contribution is 7.89. The van der Waals surface area contributed by atoms with Gasteiger partial charge in [-0.15, -0.1) is 0 Å². The second-order valence-electron chi connectivity index (χ2n) is 6.44. The Bertz CT molecular complexity index is 1260. The van der Waals surface area contributed by atoms with E-state index < -0.39 is 10.0 Å². The Balaban J connectivity index is 1.72. The van der Waals surface area contributed by atoms with Crippen LogP contribution in [0.2, 0.25) is 0 Å². The van der Waals surface area contributed by atoms with Gasteiger partial charge in [-0.25, -0.2) is 23.5 Å². The Kier molecular flexibility index (Phi) is 4.84. The van der Waals surface area contributed by atoms with Crippen molar-refractivity contribution < 1.29 is 13.2 Å². The summed E-state index contributed by atoms with van der Waals surface area (Å²) in [5, 5.41) is 5.23. The molecule has 29 heavy (non-hydrogen) atoms. The summed E-state index contributed by atoms with van der Waals surface area (Å²) in [5.74, 6) is 6.23. The molecule has 0 saturated heterocycles. The number of fused-ring (bicyclic) bond motifs is 1. The molecular formula is C21H16N4O3S. The molecule has 4 rings (SSSR count). The molecule has 1 aromatic heterocycles. The van der Waals surface area contributed by atoms with Crippen LogP contribution in [0.3, 0.4) is 0 Å². The van der Waals surface area contributed by atoms with Gasteiger partial charge in [0.1, 0.15) is 0 Å². The van der Waals surface area contributed by atoms with E-state index in [2.05, 4.69) is 21.8 Å². The van der Waals surface area contributed by atoms with Crippen LogP contribution in [0, 0.1) is 11.8 Å². The molecule has 0 atom stereocenters. The van der Waals surface area contributed by atoms with Crippen molar-refractivity contribution in [2.24, 2.45) is 5.14 Å². The molecule has 2 heterocycles. The van der Waals surface area contributed by atoms with Crippen LogP contribution in [0.1, 0.15) is 23.4 Å². The van der Waals surface area contributed by atoms with Crippen molar-refractivity contribution in [2.45, 2.75) is 17.7 Å².